The van der Waals surface area contributed by atoms with Gasteiger partial charge in [-0.2, -0.15) is 0 Å². The van der Waals surface area contributed by atoms with Gasteiger partial charge in [0.2, 0.25) is 10.0 Å². The molecule has 1 N–H and O–H groups in total. The van der Waals surface area contributed by atoms with Gasteiger partial charge in [-0.25, -0.2) is 13.1 Å². The average Bonchev–Trinajstić information content (AvgIpc) is 2.83. The molecule has 0 heterocycles. The molecule has 5 nitrogen and oxygen atoms in total. The normalized spacial score (nSPS) is 28.1. The van der Waals surface area contributed by atoms with Crippen LogP contribution < -0.4 is 4.72 Å². The monoisotopic (exact) mass is 494 g/mol. The van der Waals surface area contributed by atoms with Gasteiger partial charge < -0.3 is 4.90 Å². The fraction of sp³-hybridized carbons (Fsp3) is 0.552. The van der Waals surface area contributed by atoms with Crippen LogP contribution in [0, 0.1) is 23.2 Å². The van der Waals surface area contributed by atoms with E-state index >= 15 is 0 Å². The van der Waals surface area contributed by atoms with Gasteiger partial charge in [0.25, 0.3) is 5.91 Å². The molecule has 0 saturated heterocycles. The van der Waals surface area contributed by atoms with Gasteiger partial charge in [-0.05, 0) is 104 Å². The molecule has 0 unspecified atom stereocenters. The molecule has 1 atom stereocenters. The molecule has 4 bridgehead atoms. The number of aryl methyl sites for hydroxylation is 1. The number of nitrogens with one attached hydrogen (secondary N) is 1. The molecule has 4 fully saturated rings. The lowest BCUT2D eigenvalue weighted by Gasteiger charge is -2.59. The Morgan fingerprint density at radius 3 is 2.14 bits per heavy atom. The minimum atomic E-state index is -3.72. The second-order valence-corrected chi connectivity index (χ2v) is 13.2. The van der Waals surface area contributed by atoms with E-state index in [0.29, 0.717) is 12.1 Å². The van der Waals surface area contributed by atoms with Crippen molar-refractivity contribution in [2.75, 3.05) is 7.05 Å². The lowest BCUT2D eigenvalue weighted by molar-refractivity contribution is -0.0666. The van der Waals surface area contributed by atoms with Gasteiger partial charge in [0.05, 0.1) is 4.90 Å². The lowest BCUT2D eigenvalue weighted by Crippen LogP contribution is -2.55. The van der Waals surface area contributed by atoms with Crippen LogP contribution >= 0.6 is 0 Å². The molecule has 1 amide bonds. The number of nitrogens with zero attached hydrogens (tertiary/aromatic N) is 1. The molecule has 2 aromatic rings. The predicted molar refractivity (Wildman–Crippen MR) is 138 cm³/mol. The molecule has 4 aliphatic rings. The molecule has 6 heteroatoms. The highest BCUT2D eigenvalue weighted by atomic mass is 32.2. The highest BCUT2D eigenvalue weighted by molar-refractivity contribution is 7.89. The molecule has 2 aromatic carbocycles. The summed E-state index contributed by atoms with van der Waals surface area (Å²) in [6, 6.07) is 14.6. The number of rotatable bonds is 8. The fourth-order valence-electron chi connectivity index (χ4n) is 7.38. The third kappa shape index (κ3) is 4.92. The first kappa shape index (κ1) is 24.5. The van der Waals surface area contributed by atoms with E-state index in [1.54, 1.807) is 30.1 Å². The van der Waals surface area contributed by atoms with E-state index < -0.39 is 10.0 Å². The Labute approximate surface area is 210 Å². The third-order valence-electron chi connectivity index (χ3n) is 8.93. The topological polar surface area (TPSA) is 66.5 Å². The molecule has 6 rings (SSSR count). The van der Waals surface area contributed by atoms with Crippen LogP contribution in [0.4, 0.5) is 0 Å². The number of sulfonamides is 1. The standard InChI is InChI=1S/C29H38N2O3S/c1-4-21-8-10-22(11-9-21)19-31(3)28(32)26-6-5-7-27(15-26)35(33,34)30-20(2)29-16-23-12-24(17-29)14-25(13-23)18-29/h5-11,15,20,23-25,30H,4,12-14,16-19H2,1-3H3/t20-,23?,24?,25?,29?/m1/s1. The zero-order chi connectivity index (χ0) is 24.8. The third-order valence-corrected chi connectivity index (χ3v) is 10.5. The molecule has 4 aliphatic carbocycles. The quantitative estimate of drug-likeness (QED) is 0.534. The largest absolute Gasteiger partial charge is 0.337 e. The summed E-state index contributed by atoms with van der Waals surface area (Å²) in [7, 11) is -1.97. The number of hydrogen-bond donors (Lipinski definition) is 1. The van der Waals surface area contributed by atoms with Crippen LogP contribution in [-0.2, 0) is 23.0 Å². The van der Waals surface area contributed by atoms with Crippen molar-refractivity contribution in [3.8, 4) is 0 Å². The highest BCUT2D eigenvalue weighted by Gasteiger charge is 2.53. The molecule has 0 radical (unpaired) electrons. The van der Waals surface area contributed by atoms with E-state index in [2.05, 4.69) is 30.7 Å². The van der Waals surface area contributed by atoms with E-state index in [4.69, 9.17) is 0 Å². The van der Waals surface area contributed by atoms with Crippen molar-refractivity contribution < 1.29 is 13.2 Å². The Morgan fingerprint density at radius 2 is 1.57 bits per heavy atom. The Bertz CT molecular complexity index is 1150. The minimum absolute atomic E-state index is 0.0861. The fourth-order valence-corrected chi connectivity index (χ4v) is 8.77. The van der Waals surface area contributed by atoms with Gasteiger partial charge in [0.1, 0.15) is 0 Å². The summed E-state index contributed by atoms with van der Waals surface area (Å²) in [6.45, 7) is 4.64. The molecule has 0 spiro atoms. The van der Waals surface area contributed by atoms with E-state index in [-0.39, 0.29) is 22.3 Å². The van der Waals surface area contributed by atoms with Crippen molar-refractivity contribution in [3.05, 3.63) is 65.2 Å². The summed E-state index contributed by atoms with van der Waals surface area (Å²) in [4.78, 5) is 14.9. The Kier molecular flexibility index (Phi) is 6.56. The van der Waals surface area contributed by atoms with Crippen LogP contribution in [0.5, 0.6) is 0 Å². The molecule has 0 aliphatic heterocycles. The molecule has 188 valence electrons. The molecule has 35 heavy (non-hydrogen) atoms. The van der Waals surface area contributed by atoms with Gasteiger partial charge >= 0.3 is 0 Å². The number of carbonyl (C=O) groups is 1. The molecule has 4 saturated carbocycles. The lowest BCUT2D eigenvalue weighted by atomic mass is 9.48. The van der Waals surface area contributed by atoms with Gasteiger partial charge in [-0.15, -0.1) is 0 Å². The zero-order valence-corrected chi connectivity index (χ0v) is 22.0. The summed E-state index contributed by atoms with van der Waals surface area (Å²) in [5.74, 6) is 2.12. The van der Waals surface area contributed by atoms with E-state index in [9.17, 15) is 13.2 Å². The van der Waals surface area contributed by atoms with Crippen LogP contribution in [0.15, 0.2) is 53.4 Å². The first-order chi connectivity index (χ1) is 16.7. The van der Waals surface area contributed by atoms with Crippen molar-refractivity contribution in [1.29, 1.82) is 0 Å². The van der Waals surface area contributed by atoms with Crippen LogP contribution in [-0.4, -0.2) is 32.3 Å². The van der Waals surface area contributed by atoms with Crippen molar-refractivity contribution in [1.82, 2.24) is 9.62 Å². The second-order valence-electron chi connectivity index (χ2n) is 11.5. The Hall–Kier alpha value is -2.18. The number of carbonyl (C=O) groups excluding carboxylic acids is 1. The first-order valence-electron chi connectivity index (χ1n) is 13.1. The number of amides is 1. The SMILES string of the molecule is CCc1ccc(CN(C)C(=O)c2cccc(S(=O)(=O)N[C@H](C)C34CC5CC(CC(C5)C3)C4)c2)cc1. The van der Waals surface area contributed by atoms with Gasteiger partial charge in [0.15, 0.2) is 0 Å². The second kappa shape index (κ2) is 9.36. The summed E-state index contributed by atoms with van der Waals surface area (Å²) in [6.07, 6.45) is 8.41. The van der Waals surface area contributed by atoms with Crippen LogP contribution in [0.25, 0.3) is 0 Å². The maximum atomic E-state index is 13.4. The smallest absolute Gasteiger partial charge is 0.253 e. The van der Waals surface area contributed by atoms with Crippen LogP contribution in [0.2, 0.25) is 0 Å². The van der Waals surface area contributed by atoms with E-state index in [1.807, 2.05) is 12.1 Å². The van der Waals surface area contributed by atoms with E-state index in [0.717, 1.165) is 49.0 Å². The number of benzene rings is 2. The van der Waals surface area contributed by atoms with E-state index in [1.165, 1.54) is 30.9 Å². The summed E-state index contributed by atoms with van der Waals surface area (Å²) < 4.78 is 29.8. The average molecular weight is 495 g/mol. The maximum absolute atomic E-state index is 13.4. The summed E-state index contributed by atoms with van der Waals surface area (Å²) >= 11 is 0. The Morgan fingerprint density at radius 1 is 1.00 bits per heavy atom. The molecular weight excluding hydrogens is 456 g/mol. The van der Waals surface area contributed by atoms with Gasteiger partial charge in [0, 0.05) is 25.2 Å². The first-order valence-corrected chi connectivity index (χ1v) is 14.6. The molecular formula is C29H38N2O3S. The predicted octanol–water partition coefficient (Wildman–Crippen LogP) is 5.40. The Balaban J connectivity index is 1.28. The summed E-state index contributed by atoms with van der Waals surface area (Å²) in [5.41, 5.74) is 2.79. The van der Waals surface area contributed by atoms with Crippen molar-refractivity contribution in [3.63, 3.8) is 0 Å². The van der Waals surface area contributed by atoms with Crippen molar-refractivity contribution in [2.24, 2.45) is 23.2 Å². The van der Waals surface area contributed by atoms with Crippen LogP contribution in [0.1, 0.15) is 73.9 Å². The zero-order valence-electron chi connectivity index (χ0n) is 21.2. The summed E-state index contributed by atoms with van der Waals surface area (Å²) in [5, 5.41) is 0. The van der Waals surface area contributed by atoms with Crippen LogP contribution in [0.3, 0.4) is 0 Å². The van der Waals surface area contributed by atoms with Gasteiger partial charge in [-0.1, -0.05) is 37.3 Å². The number of hydrogen-bond acceptors (Lipinski definition) is 3. The molecule has 0 aromatic heterocycles. The van der Waals surface area contributed by atoms with Crippen molar-refractivity contribution in [2.45, 2.75) is 76.3 Å². The highest BCUT2D eigenvalue weighted by Crippen LogP contribution is 2.61. The minimum Gasteiger partial charge on any atom is -0.337 e. The maximum Gasteiger partial charge on any atom is 0.253 e. The van der Waals surface area contributed by atoms with Crippen molar-refractivity contribution >= 4 is 15.9 Å². The van der Waals surface area contributed by atoms with Gasteiger partial charge in [-0.3, -0.25) is 4.79 Å².